The summed E-state index contributed by atoms with van der Waals surface area (Å²) < 4.78 is 14.5. The summed E-state index contributed by atoms with van der Waals surface area (Å²) in [6.07, 6.45) is 0.914. The third-order valence-corrected chi connectivity index (χ3v) is 3.23. The number of hydrogen-bond donors (Lipinski definition) is 2. The zero-order valence-electron chi connectivity index (χ0n) is 7.90. The standard InChI is InChI=1S/C10H12BrFN2/c1-13-8-4-5-14-10-6(11)2-3-7(12)9(8)10/h2-3,8,13-14H,4-5H2,1H3. The largest absolute Gasteiger partial charge is 0.384 e. The SMILES string of the molecule is CNC1CCNc2c(Br)ccc(F)c21. The van der Waals surface area contributed by atoms with Gasteiger partial charge in [-0.15, -0.1) is 0 Å². The van der Waals surface area contributed by atoms with Crippen molar-refractivity contribution in [3.8, 4) is 0 Å². The molecule has 2 N–H and O–H groups in total. The molecule has 0 aliphatic carbocycles. The van der Waals surface area contributed by atoms with E-state index >= 15 is 0 Å². The van der Waals surface area contributed by atoms with Crippen molar-refractivity contribution in [1.29, 1.82) is 0 Å². The molecule has 2 rings (SSSR count). The summed E-state index contributed by atoms with van der Waals surface area (Å²) in [7, 11) is 1.86. The lowest BCUT2D eigenvalue weighted by molar-refractivity contribution is 0.507. The van der Waals surface area contributed by atoms with Crippen molar-refractivity contribution in [2.45, 2.75) is 12.5 Å². The smallest absolute Gasteiger partial charge is 0.130 e. The van der Waals surface area contributed by atoms with Gasteiger partial charge in [0, 0.05) is 22.6 Å². The monoisotopic (exact) mass is 258 g/mol. The van der Waals surface area contributed by atoms with Gasteiger partial charge in [0.25, 0.3) is 0 Å². The van der Waals surface area contributed by atoms with E-state index in [1.807, 2.05) is 7.05 Å². The van der Waals surface area contributed by atoms with Crippen LogP contribution in [0.5, 0.6) is 0 Å². The first-order valence-electron chi connectivity index (χ1n) is 4.63. The van der Waals surface area contributed by atoms with Gasteiger partial charge in [0.05, 0.1) is 5.69 Å². The summed E-state index contributed by atoms with van der Waals surface area (Å²) in [5.41, 5.74) is 1.63. The first kappa shape index (κ1) is 9.93. The summed E-state index contributed by atoms with van der Waals surface area (Å²) in [5, 5.41) is 6.34. The molecule has 0 amide bonds. The maximum absolute atomic E-state index is 13.6. The van der Waals surface area contributed by atoms with Crippen LogP contribution in [0.4, 0.5) is 10.1 Å². The lowest BCUT2D eigenvalue weighted by atomic mass is 9.97. The van der Waals surface area contributed by atoms with E-state index in [-0.39, 0.29) is 11.9 Å². The van der Waals surface area contributed by atoms with Gasteiger partial charge in [0.2, 0.25) is 0 Å². The van der Waals surface area contributed by atoms with Crippen LogP contribution in [0.25, 0.3) is 0 Å². The Balaban J connectivity index is 2.55. The fourth-order valence-electron chi connectivity index (χ4n) is 1.86. The summed E-state index contributed by atoms with van der Waals surface area (Å²) in [6.45, 7) is 0.876. The molecule has 1 aliphatic heterocycles. The molecule has 1 aromatic carbocycles. The third kappa shape index (κ3) is 1.53. The summed E-state index contributed by atoms with van der Waals surface area (Å²) in [5.74, 6) is -0.144. The Morgan fingerprint density at radius 2 is 2.36 bits per heavy atom. The van der Waals surface area contributed by atoms with Gasteiger partial charge in [0.15, 0.2) is 0 Å². The molecule has 0 saturated heterocycles. The molecule has 2 nitrogen and oxygen atoms in total. The summed E-state index contributed by atoms with van der Waals surface area (Å²) in [6, 6.07) is 3.35. The predicted octanol–water partition coefficient (Wildman–Crippen LogP) is 2.66. The number of anilines is 1. The Hall–Kier alpha value is -0.610. The zero-order valence-corrected chi connectivity index (χ0v) is 9.49. The van der Waals surface area contributed by atoms with E-state index in [2.05, 4.69) is 26.6 Å². The van der Waals surface area contributed by atoms with Gasteiger partial charge >= 0.3 is 0 Å². The highest BCUT2D eigenvalue weighted by Gasteiger charge is 2.23. The van der Waals surface area contributed by atoms with Crippen LogP contribution < -0.4 is 10.6 Å². The Labute approximate surface area is 91.0 Å². The molecular formula is C10H12BrFN2. The number of rotatable bonds is 1. The van der Waals surface area contributed by atoms with E-state index in [0.29, 0.717) is 0 Å². The lowest BCUT2D eigenvalue weighted by Crippen LogP contribution is -2.26. The van der Waals surface area contributed by atoms with Crippen LogP contribution in [0.2, 0.25) is 0 Å². The van der Waals surface area contributed by atoms with Crippen molar-refractivity contribution in [2.75, 3.05) is 18.9 Å². The van der Waals surface area contributed by atoms with Crippen LogP contribution in [0, 0.1) is 5.82 Å². The molecule has 0 bridgehead atoms. The normalized spacial score (nSPS) is 20.1. The number of fused-ring (bicyclic) bond motifs is 1. The van der Waals surface area contributed by atoms with Crippen molar-refractivity contribution in [2.24, 2.45) is 0 Å². The molecule has 4 heteroatoms. The molecule has 76 valence electrons. The third-order valence-electron chi connectivity index (χ3n) is 2.57. The first-order chi connectivity index (χ1) is 6.74. The second-order valence-electron chi connectivity index (χ2n) is 3.37. The van der Waals surface area contributed by atoms with E-state index in [0.717, 1.165) is 28.7 Å². The van der Waals surface area contributed by atoms with Crippen LogP contribution in [0.1, 0.15) is 18.0 Å². The van der Waals surface area contributed by atoms with E-state index in [9.17, 15) is 4.39 Å². The summed E-state index contributed by atoms with van der Waals surface area (Å²) in [4.78, 5) is 0. The number of halogens is 2. The minimum Gasteiger partial charge on any atom is -0.384 e. The van der Waals surface area contributed by atoms with Crippen LogP contribution >= 0.6 is 15.9 Å². The van der Waals surface area contributed by atoms with Crippen LogP contribution in [0.15, 0.2) is 16.6 Å². The maximum atomic E-state index is 13.6. The second kappa shape index (κ2) is 3.87. The fourth-order valence-corrected chi connectivity index (χ4v) is 2.35. The van der Waals surface area contributed by atoms with Gasteiger partial charge in [-0.3, -0.25) is 0 Å². The molecule has 0 spiro atoms. The molecular weight excluding hydrogens is 247 g/mol. The van der Waals surface area contributed by atoms with Gasteiger partial charge in [-0.2, -0.15) is 0 Å². The van der Waals surface area contributed by atoms with Gasteiger partial charge in [-0.25, -0.2) is 4.39 Å². The Kier molecular flexibility index (Phi) is 2.74. The average Bonchev–Trinajstić information content (AvgIpc) is 2.23. The maximum Gasteiger partial charge on any atom is 0.130 e. The molecule has 1 heterocycles. The highest BCUT2D eigenvalue weighted by Crippen LogP contribution is 2.36. The Morgan fingerprint density at radius 1 is 1.57 bits per heavy atom. The highest BCUT2D eigenvalue weighted by atomic mass is 79.9. The quantitative estimate of drug-likeness (QED) is 0.810. The molecule has 14 heavy (non-hydrogen) atoms. The first-order valence-corrected chi connectivity index (χ1v) is 5.42. The van der Waals surface area contributed by atoms with E-state index < -0.39 is 0 Å². The van der Waals surface area contributed by atoms with Gasteiger partial charge in [0.1, 0.15) is 5.82 Å². The Morgan fingerprint density at radius 3 is 3.07 bits per heavy atom. The van der Waals surface area contributed by atoms with E-state index in [4.69, 9.17) is 0 Å². The number of hydrogen-bond acceptors (Lipinski definition) is 2. The minimum absolute atomic E-state index is 0.115. The number of nitrogens with one attached hydrogen (secondary N) is 2. The molecule has 0 fully saturated rings. The average molecular weight is 259 g/mol. The predicted molar refractivity (Wildman–Crippen MR) is 59.0 cm³/mol. The van der Waals surface area contributed by atoms with Crippen molar-refractivity contribution in [3.63, 3.8) is 0 Å². The van der Waals surface area contributed by atoms with Crippen molar-refractivity contribution < 1.29 is 4.39 Å². The lowest BCUT2D eigenvalue weighted by Gasteiger charge is -2.27. The minimum atomic E-state index is -0.144. The van der Waals surface area contributed by atoms with Gasteiger partial charge in [-0.1, -0.05) is 0 Å². The van der Waals surface area contributed by atoms with Crippen molar-refractivity contribution in [1.82, 2.24) is 5.32 Å². The highest BCUT2D eigenvalue weighted by molar-refractivity contribution is 9.10. The molecule has 1 atom stereocenters. The number of benzene rings is 1. The molecule has 1 aromatic rings. The molecule has 0 aromatic heterocycles. The molecule has 0 saturated carbocycles. The fraction of sp³-hybridized carbons (Fsp3) is 0.400. The van der Waals surface area contributed by atoms with Crippen molar-refractivity contribution >= 4 is 21.6 Å². The Bertz CT molecular complexity index is 354. The molecule has 1 unspecified atom stereocenters. The van der Waals surface area contributed by atoms with E-state index in [1.165, 1.54) is 6.07 Å². The zero-order chi connectivity index (χ0) is 10.1. The summed E-state index contributed by atoms with van der Waals surface area (Å²) >= 11 is 3.42. The van der Waals surface area contributed by atoms with Gasteiger partial charge in [-0.05, 0) is 41.5 Å². The molecule has 1 aliphatic rings. The van der Waals surface area contributed by atoms with Crippen LogP contribution in [-0.4, -0.2) is 13.6 Å². The van der Waals surface area contributed by atoms with Crippen LogP contribution in [-0.2, 0) is 0 Å². The van der Waals surface area contributed by atoms with Gasteiger partial charge < -0.3 is 10.6 Å². The van der Waals surface area contributed by atoms with Crippen LogP contribution in [0.3, 0.4) is 0 Å². The van der Waals surface area contributed by atoms with Crippen molar-refractivity contribution in [3.05, 3.63) is 28.0 Å². The second-order valence-corrected chi connectivity index (χ2v) is 4.23. The molecule has 0 radical (unpaired) electrons. The van der Waals surface area contributed by atoms with E-state index in [1.54, 1.807) is 6.07 Å². The topological polar surface area (TPSA) is 24.1 Å².